The summed E-state index contributed by atoms with van der Waals surface area (Å²) in [5.41, 5.74) is 3.20. The van der Waals surface area contributed by atoms with Crippen molar-refractivity contribution >= 4 is 35.0 Å². The van der Waals surface area contributed by atoms with Crippen LogP contribution in [0.2, 0.25) is 0 Å². The SMILES string of the molecule is Cc1cc(C(=O)NCC2CCNC2)ccc1Nc1ncc2c(n1)N(C1CCCC1)CCC(=O)N2C. The lowest BCUT2D eigenvalue weighted by Gasteiger charge is -2.30. The maximum atomic E-state index is 12.6. The van der Waals surface area contributed by atoms with E-state index < -0.39 is 0 Å². The van der Waals surface area contributed by atoms with Crippen LogP contribution in [0.15, 0.2) is 24.4 Å². The van der Waals surface area contributed by atoms with Gasteiger partial charge in [0.1, 0.15) is 5.69 Å². The molecular weight excluding hydrogens is 442 g/mol. The van der Waals surface area contributed by atoms with Gasteiger partial charge in [0.15, 0.2) is 5.82 Å². The number of carbonyl (C=O) groups is 2. The van der Waals surface area contributed by atoms with Gasteiger partial charge in [-0.25, -0.2) is 4.98 Å². The molecule has 1 aliphatic carbocycles. The molecule has 1 saturated heterocycles. The van der Waals surface area contributed by atoms with E-state index in [4.69, 9.17) is 4.98 Å². The third kappa shape index (κ3) is 5.10. The molecule has 0 bridgehead atoms. The van der Waals surface area contributed by atoms with E-state index >= 15 is 0 Å². The summed E-state index contributed by atoms with van der Waals surface area (Å²) in [6, 6.07) is 6.04. The van der Waals surface area contributed by atoms with Gasteiger partial charge in [-0.1, -0.05) is 12.8 Å². The van der Waals surface area contributed by atoms with Crippen LogP contribution >= 0.6 is 0 Å². The molecule has 5 rings (SSSR count). The molecule has 2 fully saturated rings. The molecule has 186 valence electrons. The Hall–Kier alpha value is -3.20. The average molecular weight is 478 g/mol. The maximum Gasteiger partial charge on any atom is 0.251 e. The monoisotopic (exact) mass is 477 g/mol. The third-order valence-corrected chi connectivity index (χ3v) is 7.54. The highest BCUT2D eigenvalue weighted by Crippen LogP contribution is 2.36. The van der Waals surface area contributed by atoms with Crippen molar-refractivity contribution in [3.8, 4) is 0 Å². The molecule has 0 radical (unpaired) electrons. The van der Waals surface area contributed by atoms with Crippen molar-refractivity contribution in [2.24, 2.45) is 5.92 Å². The second-order valence-electron chi connectivity index (χ2n) is 9.96. The van der Waals surface area contributed by atoms with E-state index in [-0.39, 0.29) is 11.8 Å². The maximum absolute atomic E-state index is 12.6. The summed E-state index contributed by atoms with van der Waals surface area (Å²) in [4.78, 5) is 38.6. The van der Waals surface area contributed by atoms with E-state index in [1.54, 1.807) is 18.1 Å². The Morgan fingerprint density at radius 3 is 2.80 bits per heavy atom. The Kier molecular flexibility index (Phi) is 6.86. The Morgan fingerprint density at radius 1 is 1.23 bits per heavy atom. The van der Waals surface area contributed by atoms with Gasteiger partial charge in [-0.3, -0.25) is 9.59 Å². The van der Waals surface area contributed by atoms with Crippen LogP contribution in [0, 0.1) is 12.8 Å². The second-order valence-corrected chi connectivity index (χ2v) is 9.96. The Balaban J connectivity index is 1.33. The zero-order chi connectivity index (χ0) is 24.4. The van der Waals surface area contributed by atoms with Crippen molar-refractivity contribution < 1.29 is 9.59 Å². The molecule has 9 heteroatoms. The first-order chi connectivity index (χ1) is 17.0. The Bertz CT molecular complexity index is 1090. The topological polar surface area (TPSA) is 102 Å². The first kappa shape index (κ1) is 23.5. The summed E-state index contributed by atoms with van der Waals surface area (Å²) in [6.07, 6.45) is 8.01. The number of nitrogens with one attached hydrogen (secondary N) is 3. The number of benzene rings is 1. The largest absolute Gasteiger partial charge is 0.352 e. The molecule has 9 nitrogen and oxygen atoms in total. The summed E-state index contributed by atoms with van der Waals surface area (Å²) in [5.74, 6) is 1.85. The number of rotatable bonds is 6. The number of hydrogen-bond donors (Lipinski definition) is 3. The van der Waals surface area contributed by atoms with Crippen molar-refractivity contribution in [2.45, 2.75) is 51.5 Å². The van der Waals surface area contributed by atoms with Crippen LogP contribution in [-0.4, -0.2) is 61.1 Å². The van der Waals surface area contributed by atoms with Gasteiger partial charge in [0, 0.05) is 43.9 Å². The quantitative estimate of drug-likeness (QED) is 0.588. The first-order valence-corrected chi connectivity index (χ1v) is 12.8. The Labute approximate surface area is 206 Å². The summed E-state index contributed by atoms with van der Waals surface area (Å²) in [5, 5.41) is 9.71. The predicted molar refractivity (Wildman–Crippen MR) is 137 cm³/mol. The molecule has 3 heterocycles. The normalized spacial score (nSPS) is 20.6. The zero-order valence-electron chi connectivity index (χ0n) is 20.6. The smallest absolute Gasteiger partial charge is 0.251 e. The fourth-order valence-electron chi connectivity index (χ4n) is 5.36. The van der Waals surface area contributed by atoms with Crippen LogP contribution in [-0.2, 0) is 4.79 Å². The molecule has 1 aromatic carbocycles. The number of fused-ring (bicyclic) bond motifs is 1. The minimum Gasteiger partial charge on any atom is -0.352 e. The van der Waals surface area contributed by atoms with E-state index in [2.05, 4.69) is 25.8 Å². The highest BCUT2D eigenvalue weighted by molar-refractivity contribution is 5.97. The molecule has 1 atom stereocenters. The summed E-state index contributed by atoms with van der Waals surface area (Å²) in [7, 11) is 1.80. The second kappa shape index (κ2) is 10.2. The van der Waals surface area contributed by atoms with Crippen LogP contribution in [0.1, 0.15) is 54.4 Å². The number of amides is 2. The number of carbonyl (C=O) groups excluding carboxylic acids is 2. The van der Waals surface area contributed by atoms with E-state index in [1.807, 2.05) is 25.1 Å². The lowest BCUT2D eigenvalue weighted by atomic mass is 10.1. The van der Waals surface area contributed by atoms with Gasteiger partial charge < -0.3 is 25.8 Å². The summed E-state index contributed by atoms with van der Waals surface area (Å²) in [6.45, 7) is 5.33. The molecule has 3 aliphatic rings. The van der Waals surface area contributed by atoms with Crippen LogP contribution in [0.25, 0.3) is 0 Å². The fourth-order valence-corrected chi connectivity index (χ4v) is 5.36. The van der Waals surface area contributed by atoms with Crippen molar-refractivity contribution in [1.29, 1.82) is 0 Å². The highest BCUT2D eigenvalue weighted by Gasteiger charge is 2.31. The van der Waals surface area contributed by atoms with Crippen molar-refractivity contribution in [1.82, 2.24) is 20.6 Å². The molecule has 1 unspecified atom stereocenters. The molecule has 35 heavy (non-hydrogen) atoms. The molecule has 1 aromatic heterocycles. The zero-order valence-corrected chi connectivity index (χ0v) is 20.6. The van der Waals surface area contributed by atoms with Gasteiger partial charge in [-0.2, -0.15) is 4.98 Å². The molecule has 3 N–H and O–H groups in total. The van der Waals surface area contributed by atoms with Crippen LogP contribution in [0.4, 0.5) is 23.1 Å². The number of nitrogens with zero attached hydrogens (tertiary/aromatic N) is 4. The van der Waals surface area contributed by atoms with Gasteiger partial charge in [-0.05, 0) is 69.0 Å². The highest BCUT2D eigenvalue weighted by atomic mass is 16.2. The first-order valence-electron chi connectivity index (χ1n) is 12.8. The standard InChI is InChI=1S/C26H35N7O2/c1-17-13-19(25(35)28-15-18-9-11-27-14-18)7-8-21(17)30-26-29-16-22-24(31-26)33(20-5-3-4-6-20)12-10-23(34)32(22)2/h7-8,13,16,18,20,27H,3-6,9-12,14-15H2,1-2H3,(H,28,35)(H,29,30,31). The predicted octanol–water partition coefficient (Wildman–Crippen LogP) is 2.98. The molecule has 0 spiro atoms. The van der Waals surface area contributed by atoms with Crippen LogP contribution in [0.3, 0.4) is 0 Å². The van der Waals surface area contributed by atoms with Gasteiger partial charge in [0.25, 0.3) is 5.91 Å². The number of aromatic nitrogens is 2. The molecular formula is C26H35N7O2. The average Bonchev–Trinajstić information content (AvgIpc) is 3.56. The third-order valence-electron chi connectivity index (χ3n) is 7.54. The lowest BCUT2D eigenvalue weighted by Crippen LogP contribution is -2.34. The summed E-state index contributed by atoms with van der Waals surface area (Å²) >= 11 is 0. The van der Waals surface area contributed by atoms with Crippen LogP contribution < -0.4 is 25.8 Å². The number of aryl methyl sites for hydroxylation is 1. The molecule has 2 aliphatic heterocycles. The van der Waals surface area contributed by atoms with Gasteiger partial charge in [0.05, 0.1) is 6.20 Å². The molecule has 1 saturated carbocycles. The lowest BCUT2D eigenvalue weighted by molar-refractivity contribution is -0.118. The number of hydrogen-bond acceptors (Lipinski definition) is 7. The molecule has 2 aromatic rings. The molecule has 2 amide bonds. The minimum atomic E-state index is -0.0484. The van der Waals surface area contributed by atoms with Gasteiger partial charge in [-0.15, -0.1) is 0 Å². The van der Waals surface area contributed by atoms with Crippen molar-refractivity contribution in [3.05, 3.63) is 35.5 Å². The Morgan fingerprint density at radius 2 is 2.06 bits per heavy atom. The van der Waals surface area contributed by atoms with Crippen molar-refractivity contribution in [3.63, 3.8) is 0 Å². The van der Waals surface area contributed by atoms with E-state index in [0.29, 0.717) is 43.0 Å². The fraction of sp³-hybridized carbons (Fsp3) is 0.538. The van der Waals surface area contributed by atoms with E-state index in [9.17, 15) is 9.59 Å². The van der Waals surface area contributed by atoms with E-state index in [1.165, 1.54) is 12.8 Å². The number of anilines is 4. The van der Waals surface area contributed by atoms with E-state index in [0.717, 1.165) is 55.1 Å². The summed E-state index contributed by atoms with van der Waals surface area (Å²) < 4.78 is 0. The van der Waals surface area contributed by atoms with Gasteiger partial charge in [0.2, 0.25) is 11.9 Å². The van der Waals surface area contributed by atoms with Gasteiger partial charge >= 0.3 is 0 Å². The van der Waals surface area contributed by atoms with Crippen molar-refractivity contribution in [2.75, 3.05) is 48.3 Å². The van der Waals surface area contributed by atoms with Crippen LogP contribution in [0.5, 0.6) is 0 Å². The minimum absolute atomic E-state index is 0.0484.